The Labute approximate surface area is 225 Å². The van der Waals surface area contributed by atoms with Crippen LogP contribution < -0.4 is 5.32 Å². The minimum atomic E-state index is -4.71. The number of halogens is 5. The minimum Gasteiger partial charge on any atom is -0.324 e. The summed E-state index contributed by atoms with van der Waals surface area (Å²) in [7, 11) is 0. The zero-order chi connectivity index (χ0) is 27.2. The lowest BCUT2D eigenvalue weighted by Gasteiger charge is -2.54. The molecule has 1 aliphatic heterocycles. The Balaban J connectivity index is 1.42. The number of nitrogens with one attached hydrogen (secondary N) is 1. The van der Waals surface area contributed by atoms with Crippen molar-refractivity contribution in [2.45, 2.75) is 28.9 Å². The fraction of sp³-hybridized carbons (Fsp3) is 0.250. The van der Waals surface area contributed by atoms with Crippen molar-refractivity contribution in [1.29, 1.82) is 0 Å². The molecule has 38 heavy (non-hydrogen) atoms. The molecule has 3 aromatic rings. The van der Waals surface area contributed by atoms with E-state index in [9.17, 15) is 27.6 Å². The number of benzene rings is 3. The number of hydrogen-bond acceptors (Lipinski definition) is 3. The molecule has 3 amide bonds. The van der Waals surface area contributed by atoms with Gasteiger partial charge in [0.2, 0.25) is 17.7 Å². The summed E-state index contributed by atoms with van der Waals surface area (Å²) in [5, 5.41) is 2.24. The average molecular weight is 559 g/mol. The van der Waals surface area contributed by atoms with Gasteiger partial charge in [-0.05, 0) is 41.3 Å². The fourth-order valence-corrected chi connectivity index (χ4v) is 7.36. The van der Waals surface area contributed by atoms with Crippen molar-refractivity contribution in [1.82, 2.24) is 4.90 Å². The number of hydrogen-bond donors (Lipinski definition) is 1. The van der Waals surface area contributed by atoms with E-state index < -0.39 is 62.8 Å². The first-order chi connectivity index (χ1) is 17.9. The van der Waals surface area contributed by atoms with E-state index in [1.165, 1.54) is 19.1 Å². The summed E-state index contributed by atoms with van der Waals surface area (Å²) in [4.78, 5) is 39.0. The van der Waals surface area contributed by atoms with Gasteiger partial charge in [-0.1, -0.05) is 60.7 Å². The summed E-state index contributed by atoms with van der Waals surface area (Å²) in [6, 6.07) is 17.2. The van der Waals surface area contributed by atoms with Crippen LogP contribution >= 0.6 is 23.2 Å². The molecule has 3 atom stereocenters. The van der Waals surface area contributed by atoms with Crippen LogP contribution in [-0.4, -0.2) is 28.7 Å². The van der Waals surface area contributed by atoms with Crippen LogP contribution in [0, 0.1) is 11.8 Å². The molecule has 3 aromatic carbocycles. The first kappa shape index (κ1) is 24.9. The van der Waals surface area contributed by atoms with E-state index >= 15 is 0 Å². The third-order valence-corrected chi connectivity index (χ3v) is 9.16. The smallest absolute Gasteiger partial charge is 0.324 e. The maximum atomic E-state index is 13.9. The van der Waals surface area contributed by atoms with E-state index in [1.54, 1.807) is 48.5 Å². The highest BCUT2D eigenvalue weighted by Gasteiger charge is 2.73. The Morgan fingerprint density at radius 2 is 1.21 bits per heavy atom. The van der Waals surface area contributed by atoms with Crippen molar-refractivity contribution < 1.29 is 27.6 Å². The second kappa shape index (κ2) is 8.07. The van der Waals surface area contributed by atoms with E-state index in [1.807, 2.05) is 0 Å². The lowest BCUT2D eigenvalue weighted by Crippen LogP contribution is -2.57. The van der Waals surface area contributed by atoms with Gasteiger partial charge in [-0.25, -0.2) is 0 Å². The molecule has 10 heteroatoms. The molecule has 194 valence electrons. The van der Waals surface area contributed by atoms with Crippen LogP contribution in [0.1, 0.15) is 34.7 Å². The molecule has 0 radical (unpaired) electrons. The van der Waals surface area contributed by atoms with E-state index in [0.717, 1.165) is 17.0 Å². The van der Waals surface area contributed by atoms with Crippen LogP contribution in [0.2, 0.25) is 0 Å². The Hall–Kier alpha value is -3.36. The summed E-state index contributed by atoms with van der Waals surface area (Å²) in [5.41, 5.74) is 0.908. The van der Waals surface area contributed by atoms with Gasteiger partial charge in [-0.2, -0.15) is 13.2 Å². The molecular weight excluding hydrogens is 540 g/mol. The predicted octanol–water partition coefficient (Wildman–Crippen LogP) is 5.63. The number of amides is 3. The summed E-state index contributed by atoms with van der Waals surface area (Å²) >= 11 is 14.7. The number of nitrogens with zero attached hydrogens (tertiary/aromatic N) is 1. The molecule has 1 fully saturated rings. The topological polar surface area (TPSA) is 66.5 Å². The number of imide groups is 1. The maximum absolute atomic E-state index is 13.9. The molecule has 0 unspecified atom stereocenters. The third-order valence-electron chi connectivity index (χ3n) is 7.88. The Morgan fingerprint density at radius 1 is 0.816 bits per heavy atom. The summed E-state index contributed by atoms with van der Waals surface area (Å²) < 4.78 is 40.4. The first-order valence-corrected chi connectivity index (χ1v) is 12.6. The van der Waals surface area contributed by atoms with Gasteiger partial charge in [0.25, 0.3) is 0 Å². The lowest BCUT2D eigenvalue weighted by atomic mass is 9.54. The largest absolute Gasteiger partial charge is 0.418 e. The number of anilines is 1. The normalized spacial score (nSPS) is 28.0. The molecule has 3 aliphatic carbocycles. The highest BCUT2D eigenvalue weighted by molar-refractivity contribution is 6.36. The standard InChI is InChI=1S/C28H19Cl2F3N2O3/c1-14(23(36)34-20-13-7-6-12-19(20)28(31,32)33)35-24(37)21-22(25(35)38)27(30)16-9-3-2-8-15(16)26(21,29)17-10-4-5-11-18(17)27/h2-14,21-22H,1H3,(H,34,36)/t14-,21+,22+,26?,27?/m1/s1. The van der Waals surface area contributed by atoms with Crippen molar-refractivity contribution in [2.24, 2.45) is 11.8 Å². The van der Waals surface area contributed by atoms with E-state index in [-0.39, 0.29) is 0 Å². The number of para-hydroxylation sites is 1. The highest BCUT2D eigenvalue weighted by Crippen LogP contribution is 2.69. The number of carbonyl (C=O) groups excluding carboxylic acids is 3. The predicted molar refractivity (Wildman–Crippen MR) is 135 cm³/mol. The molecular formula is C28H19Cl2F3N2O3. The SMILES string of the molecule is C[C@H](C(=O)Nc1ccccc1C(F)(F)F)N1C(=O)[C@@H]2[C@@H](C1=O)C1(Cl)c3ccccc3C2(Cl)c2ccccc21. The van der Waals surface area contributed by atoms with Gasteiger partial charge < -0.3 is 5.32 Å². The van der Waals surface area contributed by atoms with Crippen LogP contribution in [0.5, 0.6) is 0 Å². The van der Waals surface area contributed by atoms with Gasteiger partial charge in [-0.15, -0.1) is 23.2 Å². The average Bonchev–Trinajstić information content (AvgIpc) is 3.17. The zero-order valence-electron chi connectivity index (χ0n) is 19.7. The van der Waals surface area contributed by atoms with Gasteiger partial charge in [-0.3, -0.25) is 19.3 Å². The van der Waals surface area contributed by atoms with Crippen molar-refractivity contribution in [3.8, 4) is 0 Å². The van der Waals surface area contributed by atoms with Gasteiger partial charge >= 0.3 is 6.18 Å². The Morgan fingerprint density at radius 3 is 1.63 bits per heavy atom. The van der Waals surface area contributed by atoms with Crippen molar-refractivity contribution in [3.63, 3.8) is 0 Å². The van der Waals surface area contributed by atoms with Crippen molar-refractivity contribution in [3.05, 3.63) is 101 Å². The number of likely N-dealkylation sites (tertiary alicyclic amines) is 1. The van der Waals surface area contributed by atoms with Gasteiger partial charge in [0, 0.05) is 0 Å². The number of rotatable bonds is 3. The van der Waals surface area contributed by atoms with Crippen LogP contribution in [-0.2, 0) is 30.3 Å². The monoisotopic (exact) mass is 558 g/mol. The molecule has 5 nitrogen and oxygen atoms in total. The van der Waals surface area contributed by atoms with Crippen LogP contribution in [0.4, 0.5) is 18.9 Å². The summed E-state index contributed by atoms with van der Waals surface area (Å²) in [6.45, 7) is 1.29. The van der Waals surface area contributed by atoms with Crippen molar-refractivity contribution >= 4 is 46.6 Å². The first-order valence-electron chi connectivity index (χ1n) is 11.8. The Bertz CT molecular complexity index is 1420. The second-order valence-electron chi connectivity index (χ2n) is 9.73. The quantitative estimate of drug-likeness (QED) is 0.335. The molecule has 0 spiro atoms. The minimum absolute atomic E-state index is 0.476. The molecule has 0 saturated carbocycles. The van der Waals surface area contributed by atoms with Gasteiger partial charge in [0.1, 0.15) is 15.8 Å². The molecule has 4 aliphatic rings. The zero-order valence-corrected chi connectivity index (χ0v) is 21.2. The van der Waals surface area contributed by atoms with E-state index in [4.69, 9.17) is 23.2 Å². The fourth-order valence-electron chi connectivity index (χ4n) is 6.26. The number of alkyl halides is 5. The Kier molecular flexibility index (Phi) is 5.30. The summed E-state index contributed by atoms with van der Waals surface area (Å²) in [6.07, 6.45) is -4.71. The molecule has 0 aromatic heterocycles. The van der Waals surface area contributed by atoms with Crippen LogP contribution in [0.15, 0.2) is 72.8 Å². The van der Waals surface area contributed by atoms with Crippen LogP contribution in [0.25, 0.3) is 0 Å². The highest BCUT2D eigenvalue weighted by atomic mass is 35.5. The maximum Gasteiger partial charge on any atom is 0.418 e. The molecule has 1 heterocycles. The molecule has 7 rings (SSSR count). The van der Waals surface area contributed by atoms with Crippen LogP contribution in [0.3, 0.4) is 0 Å². The molecule has 1 N–H and O–H groups in total. The lowest BCUT2D eigenvalue weighted by molar-refractivity contribution is -0.146. The summed E-state index contributed by atoms with van der Waals surface area (Å²) in [5.74, 6) is -4.57. The van der Waals surface area contributed by atoms with Gasteiger partial charge in [0.05, 0.1) is 23.1 Å². The van der Waals surface area contributed by atoms with Gasteiger partial charge in [0.15, 0.2) is 0 Å². The second-order valence-corrected chi connectivity index (χ2v) is 10.9. The number of carbonyl (C=O) groups is 3. The van der Waals surface area contributed by atoms with Crippen molar-refractivity contribution in [2.75, 3.05) is 5.32 Å². The molecule has 1 saturated heterocycles. The third kappa shape index (κ3) is 3.04. The van der Waals surface area contributed by atoms with E-state index in [2.05, 4.69) is 5.32 Å². The molecule has 2 bridgehead atoms. The van der Waals surface area contributed by atoms with E-state index in [0.29, 0.717) is 22.3 Å².